The molecule has 2 nitrogen and oxygen atoms in total. The predicted molar refractivity (Wildman–Crippen MR) is 68.7 cm³/mol. The summed E-state index contributed by atoms with van der Waals surface area (Å²) < 4.78 is 39.8. The molecule has 0 spiro atoms. The normalized spacial score (nSPS) is 17.9. The van der Waals surface area contributed by atoms with Gasteiger partial charge in [-0.05, 0) is 18.8 Å². The van der Waals surface area contributed by atoms with E-state index in [2.05, 4.69) is 0 Å². The first kappa shape index (κ1) is 16.1. The number of phenolic OH excluding ortho intramolecular Hbond substituents is 1. The summed E-state index contributed by atoms with van der Waals surface area (Å²) in [7, 11) is 0. The van der Waals surface area contributed by atoms with Crippen molar-refractivity contribution in [2.24, 2.45) is 11.7 Å². The fraction of sp³-hybridized carbons (Fsp3) is 0.538. The molecule has 1 saturated carbocycles. The number of hydrogen-bond donors (Lipinski definition) is 2. The minimum Gasteiger partial charge on any atom is -0.507 e. The molecule has 6 heteroatoms. The van der Waals surface area contributed by atoms with Gasteiger partial charge in [0.2, 0.25) is 0 Å². The van der Waals surface area contributed by atoms with Crippen LogP contribution in [0.3, 0.4) is 0 Å². The summed E-state index contributed by atoms with van der Waals surface area (Å²) >= 11 is 0. The molecule has 0 heterocycles. The van der Waals surface area contributed by atoms with Crippen molar-refractivity contribution in [3.05, 3.63) is 29.1 Å². The Hall–Kier alpha value is -0.940. The van der Waals surface area contributed by atoms with Gasteiger partial charge >= 0.3 is 0 Å². The molecule has 0 radical (unpaired) electrons. The Morgan fingerprint density at radius 3 is 2.26 bits per heavy atom. The number of phenols is 1. The molecule has 2 rings (SSSR count). The van der Waals surface area contributed by atoms with E-state index in [-0.39, 0.29) is 23.9 Å². The molecule has 0 unspecified atom stereocenters. The summed E-state index contributed by atoms with van der Waals surface area (Å²) in [4.78, 5) is 0. The van der Waals surface area contributed by atoms with Gasteiger partial charge < -0.3 is 10.8 Å². The Kier molecular flexibility index (Phi) is 5.50. The van der Waals surface area contributed by atoms with Gasteiger partial charge in [-0.15, -0.1) is 12.4 Å². The Balaban J connectivity index is 0.00000180. The summed E-state index contributed by atoms with van der Waals surface area (Å²) in [5.74, 6) is -4.95. The monoisotopic (exact) mass is 295 g/mol. The van der Waals surface area contributed by atoms with Gasteiger partial charge in [-0.2, -0.15) is 0 Å². The summed E-state index contributed by atoms with van der Waals surface area (Å²) in [5, 5.41) is 9.57. The zero-order valence-electron chi connectivity index (χ0n) is 10.3. The maximum Gasteiger partial charge on any atom is 0.195 e. The molecule has 1 aliphatic rings. The lowest BCUT2D eigenvalue weighted by molar-refractivity contribution is 0.293. The molecule has 1 aromatic rings. The summed E-state index contributed by atoms with van der Waals surface area (Å²) in [6, 6.07) is -0.212. The first-order valence-corrected chi connectivity index (χ1v) is 6.14. The van der Waals surface area contributed by atoms with Gasteiger partial charge in [0.15, 0.2) is 17.5 Å². The van der Waals surface area contributed by atoms with E-state index in [1.807, 2.05) is 0 Å². The van der Waals surface area contributed by atoms with Crippen molar-refractivity contribution in [2.75, 3.05) is 0 Å². The largest absolute Gasteiger partial charge is 0.507 e. The van der Waals surface area contributed by atoms with Crippen LogP contribution in [0.4, 0.5) is 13.2 Å². The van der Waals surface area contributed by atoms with E-state index in [9.17, 15) is 18.3 Å². The first-order valence-electron chi connectivity index (χ1n) is 6.14. The van der Waals surface area contributed by atoms with E-state index in [4.69, 9.17) is 5.73 Å². The number of benzene rings is 1. The molecule has 0 bridgehead atoms. The fourth-order valence-electron chi connectivity index (χ4n) is 2.64. The van der Waals surface area contributed by atoms with Gasteiger partial charge in [0.1, 0.15) is 5.75 Å². The molecule has 0 saturated heterocycles. The van der Waals surface area contributed by atoms with Crippen LogP contribution in [0.1, 0.15) is 43.7 Å². The highest BCUT2D eigenvalue weighted by Gasteiger charge is 2.29. The van der Waals surface area contributed by atoms with Crippen LogP contribution in [0.5, 0.6) is 5.75 Å². The lowest BCUT2D eigenvalue weighted by Crippen LogP contribution is -2.25. The molecular formula is C13H17ClF3NO. The van der Waals surface area contributed by atoms with E-state index >= 15 is 0 Å². The minimum atomic E-state index is -1.57. The average molecular weight is 296 g/mol. The minimum absolute atomic E-state index is 0. The molecule has 108 valence electrons. The van der Waals surface area contributed by atoms with Gasteiger partial charge in [-0.3, -0.25) is 0 Å². The van der Waals surface area contributed by atoms with Crippen molar-refractivity contribution in [1.82, 2.24) is 0 Å². The van der Waals surface area contributed by atoms with E-state index in [0.29, 0.717) is 6.07 Å². The van der Waals surface area contributed by atoms with E-state index in [1.54, 1.807) is 0 Å². The first-order chi connectivity index (χ1) is 8.52. The molecule has 1 atom stereocenters. The van der Waals surface area contributed by atoms with Crippen LogP contribution in [0.15, 0.2) is 6.07 Å². The van der Waals surface area contributed by atoms with Crippen LogP contribution in [-0.2, 0) is 0 Å². The van der Waals surface area contributed by atoms with Crippen LogP contribution in [0, 0.1) is 23.4 Å². The number of aromatic hydroxyl groups is 1. The predicted octanol–water partition coefficient (Wildman–Crippen LogP) is 3.81. The van der Waals surface area contributed by atoms with Crippen LogP contribution in [0.25, 0.3) is 0 Å². The SMILES string of the molecule is Cl.N[C@H](c1c(O)cc(F)c(F)c1F)C1CCCCC1. The van der Waals surface area contributed by atoms with Crippen molar-refractivity contribution in [1.29, 1.82) is 0 Å². The average Bonchev–Trinajstić information content (AvgIpc) is 2.37. The highest BCUT2D eigenvalue weighted by Crippen LogP contribution is 2.38. The number of rotatable bonds is 2. The quantitative estimate of drug-likeness (QED) is 0.815. The number of nitrogens with two attached hydrogens (primary N) is 1. The van der Waals surface area contributed by atoms with Crippen LogP contribution >= 0.6 is 12.4 Å². The zero-order valence-corrected chi connectivity index (χ0v) is 11.2. The topological polar surface area (TPSA) is 46.2 Å². The molecule has 0 aliphatic heterocycles. The zero-order chi connectivity index (χ0) is 13.3. The van der Waals surface area contributed by atoms with Crippen LogP contribution in [-0.4, -0.2) is 5.11 Å². The van der Waals surface area contributed by atoms with Crippen molar-refractivity contribution in [3.8, 4) is 5.75 Å². The molecule has 1 fully saturated rings. The Bertz CT molecular complexity index is 450. The standard InChI is InChI=1S/C13H16F3NO.ClH/c14-8-6-9(18)10(12(16)11(8)15)13(17)7-4-2-1-3-5-7;/h6-7,13,18H,1-5,17H2;1H/t13-;/m0./s1. The second kappa shape index (κ2) is 6.48. The van der Waals surface area contributed by atoms with Gasteiger partial charge in [-0.1, -0.05) is 19.3 Å². The van der Waals surface area contributed by atoms with Gasteiger partial charge in [0.25, 0.3) is 0 Å². The lowest BCUT2D eigenvalue weighted by Gasteiger charge is -2.28. The molecule has 3 N–H and O–H groups in total. The molecular weight excluding hydrogens is 279 g/mol. The second-order valence-corrected chi connectivity index (χ2v) is 4.84. The lowest BCUT2D eigenvalue weighted by atomic mass is 9.81. The molecule has 1 aromatic carbocycles. The molecule has 1 aliphatic carbocycles. The maximum atomic E-state index is 13.7. The number of halogens is 4. The molecule has 0 amide bonds. The third kappa shape index (κ3) is 3.15. The second-order valence-electron chi connectivity index (χ2n) is 4.84. The summed E-state index contributed by atoms with van der Waals surface area (Å²) in [6.07, 6.45) is 4.72. The van der Waals surface area contributed by atoms with Crippen LogP contribution in [0.2, 0.25) is 0 Å². The van der Waals surface area contributed by atoms with E-state index in [0.717, 1.165) is 32.1 Å². The Morgan fingerprint density at radius 1 is 1.11 bits per heavy atom. The van der Waals surface area contributed by atoms with Crippen molar-refractivity contribution >= 4 is 12.4 Å². The van der Waals surface area contributed by atoms with Crippen LogP contribution < -0.4 is 5.73 Å². The van der Waals surface area contributed by atoms with Gasteiger partial charge in [0, 0.05) is 17.7 Å². The summed E-state index contributed by atoms with van der Waals surface area (Å²) in [6.45, 7) is 0. The van der Waals surface area contributed by atoms with Crippen molar-refractivity contribution in [2.45, 2.75) is 38.1 Å². The fourth-order valence-corrected chi connectivity index (χ4v) is 2.64. The van der Waals surface area contributed by atoms with E-state index in [1.165, 1.54) is 0 Å². The van der Waals surface area contributed by atoms with Crippen molar-refractivity contribution < 1.29 is 18.3 Å². The smallest absolute Gasteiger partial charge is 0.195 e. The third-order valence-corrected chi connectivity index (χ3v) is 3.67. The Morgan fingerprint density at radius 2 is 1.68 bits per heavy atom. The van der Waals surface area contributed by atoms with Gasteiger partial charge in [-0.25, -0.2) is 13.2 Å². The van der Waals surface area contributed by atoms with Gasteiger partial charge in [0.05, 0.1) is 0 Å². The van der Waals surface area contributed by atoms with Crippen molar-refractivity contribution in [3.63, 3.8) is 0 Å². The van der Waals surface area contributed by atoms with E-state index < -0.39 is 29.2 Å². The Labute approximate surface area is 116 Å². The summed E-state index contributed by atoms with van der Waals surface area (Å²) in [5.41, 5.74) is 5.60. The highest BCUT2D eigenvalue weighted by atomic mass is 35.5. The third-order valence-electron chi connectivity index (χ3n) is 3.67. The highest BCUT2D eigenvalue weighted by molar-refractivity contribution is 5.85. The maximum absolute atomic E-state index is 13.7. The molecule has 0 aromatic heterocycles. The molecule has 19 heavy (non-hydrogen) atoms. The number of hydrogen-bond acceptors (Lipinski definition) is 2.